The molecule has 108 valence electrons. The second-order valence-corrected chi connectivity index (χ2v) is 4.75. The average molecular weight is 273 g/mol. The number of likely N-dealkylation sites (N-methyl/N-ethyl adjacent to an activating group) is 1. The van der Waals surface area contributed by atoms with E-state index in [-0.39, 0.29) is 0 Å². The molecule has 0 atom stereocenters. The van der Waals surface area contributed by atoms with Crippen molar-refractivity contribution in [3.8, 4) is 0 Å². The number of aromatic nitrogens is 1. The van der Waals surface area contributed by atoms with Crippen LogP contribution in [0.25, 0.3) is 10.9 Å². The summed E-state index contributed by atoms with van der Waals surface area (Å²) in [5.41, 5.74) is 3.35. The molecule has 0 amide bonds. The Bertz CT molecular complexity index is 556. The fourth-order valence-electron chi connectivity index (χ4n) is 2.39. The van der Waals surface area contributed by atoms with Gasteiger partial charge in [0.15, 0.2) is 0 Å². The highest BCUT2D eigenvalue weighted by Gasteiger charge is 2.11. The van der Waals surface area contributed by atoms with Crippen molar-refractivity contribution in [3.05, 3.63) is 36.0 Å². The summed E-state index contributed by atoms with van der Waals surface area (Å²) in [6.45, 7) is 5.52. The lowest BCUT2D eigenvalue weighted by molar-refractivity contribution is 0.205. The third-order valence-electron chi connectivity index (χ3n) is 3.39. The molecule has 0 unspecified atom stereocenters. The van der Waals surface area contributed by atoms with Crippen LogP contribution < -0.4 is 10.2 Å². The number of ether oxygens (including phenoxy) is 1. The Hall–Kier alpha value is -1.65. The van der Waals surface area contributed by atoms with Gasteiger partial charge in [0.1, 0.15) is 0 Å². The van der Waals surface area contributed by atoms with Gasteiger partial charge < -0.3 is 15.0 Å². The number of anilines is 1. The zero-order valence-corrected chi connectivity index (χ0v) is 12.5. The number of nitrogens with one attached hydrogen (secondary N) is 1. The summed E-state index contributed by atoms with van der Waals surface area (Å²) in [6.07, 6.45) is 0. The fourth-order valence-corrected chi connectivity index (χ4v) is 2.39. The van der Waals surface area contributed by atoms with Crippen LogP contribution in [0.1, 0.15) is 12.6 Å². The van der Waals surface area contributed by atoms with Gasteiger partial charge in [-0.05, 0) is 26.1 Å². The van der Waals surface area contributed by atoms with Crippen molar-refractivity contribution in [2.75, 3.05) is 38.8 Å². The summed E-state index contributed by atoms with van der Waals surface area (Å²) in [7, 11) is 3.68. The van der Waals surface area contributed by atoms with Crippen LogP contribution in [0.15, 0.2) is 30.3 Å². The first kappa shape index (κ1) is 14.8. The van der Waals surface area contributed by atoms with Gasteiger partial charge in [-0.1, -0.05) is 18.2 Å². The maximum absolute atomic E-state index is 5.22. The molecule has 0 fully saturated rings. The van der Waals surface area contributed by atoms with Crippen molar-refractivity contribution in [1.82, 2.24) is 10.3 Å². The highest BCUT2D eigenvalue weighted by atomic mass is 16.5. The van der Waals surface area contributed by atoms with Gasteiger partial charge in [0.25, 0.3) is 0 Å². The highest BCUT2D eigenvalue weighted by molar-refractivity contribution is 5.92. The second kappa shape index (κ2) is 7.22. The van der Waals surface area contributed by atoms with Crippen molar-refractivity contribution in [2.45, 2.75) is 13.5 Å². The van der Waals surface area contributed by atoms with Gasteiger partial charge in [-0.2, -0.15) is 0 Å². The molecule has 2 rings (SSSR count). The van der Waals surface area contributed by atoms with Gasteiger partial charge in [-0.3, -0.25) is 4.98 Å². The Morgan fingerprint density at radius 3 is 2.80 bits per heavy atom. The number of benzene rings is 1. The number of para-hydroxylation sites is 1. The third-order valence-corrected chi connectivity index (χ3v) is 3.39. The number of hydrogen-bond acceptors (Lipinski definition) is 4. The van der Waals surface area contributed by atoms with E-state index in [2.05, 4.69) is 41.4 Å². The van der Waals surface area contributed by atoms with E-state index >= 15 is 0 Å². The van der Waals surface area contributed by atoms with Gasteiger partial charge in [0, 0.05) is 37.8 Å². The van der Waals surface area contributed by atoms with Crippen LogP contribution in [0.5, 0.6) is 0 Å². The molecule has 0 bridgehead atoms. The lowest BCUT2D eigenvalue weighted by Gasteiger charge is -2.25. The van der Waals surface area contributed by atoms with Crippen LogP contribution in [0.2, 0.25) is 0 Å². The Labute approximate surface area is 120 Å². The summed E-state index contributed by atoms with van der Waals surface area (Å²) >= 11 is 0. The predicted molar refractivity (Wildman–Crippen MR) is 84.3 cm³/mol. The van der Waals surface area contributed by atoms with E-state index in [9.17, 15) is 0 Å². The van der Waals surface area contributed by atoms with E-state index in [1.165, 1.54) is 11.1 Å². The zero-order valence-electron chi connectivity index (χ0n) is 12.5. The third kappa shape index (κ3) is 3.26. The minimum absolute atomic E-state index is 0.728. The van der Waals surface area contributed by atoms with Crippen molar-refractivity contribution >= 4 is 16.6 Å². The molecule has 0 saturated heterocycles. The Balaban J connectivity index is 2.47. The first-order chi connectivity index (χ1) is 9.80. The SMILES string of the molecule is CCN(CCOC)c1cc(CNC)nc2ccccc12. The molecule has 1 heterocycles. The minimum atomic E-state index is 0.728. The standard InChI is InChI=1S/C16H23N3O/c1-4-19(9-10-20-3)16-11-13(12-17-2)18-15-8-6-5-7-14(15)16/h5-8,11,17H,4,9-10,12H2,1-3H3. The van der Waals surface area contributed by atoms with E-state index in [4.69, 9.17) is 9.72 Å². The topological polar surface area (TPSA) is 37.4 Å². The van der Waals surface area contributed by atoms with Gasteiger partial charge >= 0.3 is 0 Å². The van der Waals surface area contributed by atoms with Crippen LogP contribution in [-0.4, -0.2) is 38.8 Å². The van der Waals surface area contributed by atoms with Crippen LogP contribution in [0.3, 0.4) is 0 Å². The molecule has 0 radical (unpaired) electrons. The smallest absolute Gasteiger partial charge is 0.0726 e. The molecule has 1 aromatic carbocycles. The second-order valence-electron chi connectivity index (χ2n) is 4.75. The van der Waals surface area contributed by atoms with E-state index in [0.717, 1.165) is 37.5 Å². The van der Waals surface area contributed by atoms with E-state index in [1.807, 2.05) is 13.1 Å². The zero-order chi connectivity index (χ0) is 14.4. The van der Waals surface area contributed by atoms with Crippen molar-refractivity contribution in [2.24, 2.45) is 0 Å². The maximum Gasteiger partial charge on any atom is 0.0726 e. The molecule has 2 aromatic rings. The van der Waals surface area contributed by atoms with Gasteiger partial charge in [0.05, 0.1) is 17.8 Å². The lowest BCUT2D eigenvalue weighted by atomic mass is 10.1. The Kier molecular flexibility index (Phi) is 5.32. The lowest BCUT2D eigenvalue weighted by Crippen LogP contribution is -2.27. The predicted octanol–water partition coefficient (Wildman–Crippen LogP) is 2.43. The van der Waals surface area contributed by atoms with Crippen LogP contribution in [-0.2, 0) is 11.3 Å². The van der Waals surface area contributed by atoms with E-state index in [0.29, 0.717) is 0 Å². The summed E-state index contributed by atoms with van der Waals surface area (Å²) < 4.78 is 5.22. The number of rotatable bonds is 7. The largest absolute Gasteiger partial charge is 0.383 e. The maximum atomic E-state index is 5.22. The van der Waals surface area contributed by atoms with Crippen LogP contribution in [0.4, 0.5) is 5.69 Å². The first-order valence-corrected chi connectivity index (χ1v) is 7.07. The molecule has 4 nitrogen and oxygen atoms in total. The van der Waals surface area contributed by atoms with E-state index < -0.39 is 0 Å². The van der Waals surface area contributed by atoms with Gasteiger partial charge in [0.2, 0.25) is 0 Å². The fraction of sp³-hybridized carbons (Fsp3) is 0.438. The highest BCUT2D eigenvalue weighted by Crippen LogP contribution is 2.26. The van der Waals surface area contributed by atoms with Crippen molar-refractivity contribution in [1.29, 1.82) is 0 Å². The molecule has 0 aliphatic rings. The molecule has 0 aliphatic heterocycles. The summed E-state index contributed by atoms with van der Waals surface area (Å²) in [5, 5.41) is 4.37. The molecular formula is C16H23N3O. The molecular weight excluding hydrogens is 250 g/mol. The number of pyridine rings is 1. The number of nitrogens with zero attached hydrogens (tertiary/aromatic N) is 2. The summed E-state index contributed by atoms with van der Waals surface area (Å²) in [5.74, 6) is 0. The minimum Gasteiger partial charge on any atom is -0.383 e. The number of methoxy groups -OCH3 is 1. The van der Waals surface area contributed by atoms with Crippen molar-refractivity contribution < 1.29 is 4.74 Å². The molecule has 0 aliphatic carbocycles. The normalized spacial score (nSPS) is 10.9. The molecule has 1 aromatic heterocycles. The van der Waals surface area contributed by atoms with Gasteiger partial charge in [-0.25, -0.2) is 0 Å². The van der Waals surface area contributed by atoms with E-state index in [1.54, 1.807) is 7.11 Å². The number of hydrogen-bond donors (Lipinski definition) is 1. The summed E-state index contributed by atoms with van der Waals surface area (Å²) in [4.78, 5) is 7.04. The molecule has 0 spiro atoms. The Morgan fingerprint density at radius 2 is 2.10 bits per heavy atom. The monoisotopic (exact) mass is 273 g/mol. The molecule has 4 heteroatoms. The Morgan fingerprint density at radius 1 is 1.30 bits per heavy atom. The molecule has 20 heavy (non-hydrogen) atoms. The molecule has 1 N–H and O–H groups in total. The van der Waals surface area contributed by atoms with Crippen LogP contribution in [0, 0.1) is 0 Å². The van der Waals surface area contributed by atoms with Crippen LogP contribution >= 0.6 is 0 Å². The number of fused-ring (bicyclic) bond motifs is 1. The average Bonchev–Trinajstić information content (AvgIpc) is 2.48. The first-order valence-electron chi connectivity index (χ1n) is 7.07. The summed E-state index contributed by atoms with van der Waals surface area (Å²) in [6, 6.07) is 10.5. The quantitative estimate of drug-likeness (QED) is 0.840. The van der Waals surface area contributed by atoms with Crippen molar-refractivity contribution in [3.63, 3.8) is 0 Å². The molecule has 0 saturated carbocycles. The van der Waals surface area contributed by atoms with Gasteiger partial charge in [-0.15, -0.1) is 0 Å².